The Morgan fingerprint density at radius 2 is 1.47 bits per heavy atom. The normalized spacial score (nSPS) is 13.6. The predicted octanol–water partition coefficient (Wildman–Crippen LogP) is 4.01. The van der Waals surface area contributed by atoms with E-state index >= 15 is 0 Å². The summed E-state index contributed by atoms with van der Waals surface area (Å²) in [6.45, 7) is -0.558. The van der Waals surface area contributed by atoms with Gasteiger partial charge in [-0.25, -0.2) is 13.2 Å². The number of amides is 1. The molecule has 0 radical (unpaired) electrons. The number of ether oxygens (including phenoxy) is 1. The first kappa shape index (κ1) is 21.5. The van der Waals surface area contributed by atoms with Crippen molar-refractivity contribution in [2.45, 2.75) is 9.79 Å². The Kier molecular flexibility index (Phi) is 5.22. The van der Waals surface area contributed by atoms with E-state index in [0.717, 1.165) is 16.8 Å². The lowest BCUT2D eigenvalue weighted by Crippen LogP contribution is -2.22. The van der Waals surface area contributed by atoms with Crippen LogP contribution in [-0.4, -0.2) is 32.7 Å². The average Bonchev–Trinajstić information content (AvgIpc) is 2.86. The highest BCUT2D eigenvalue weighted by atomic mass is 32.2. The number of anilines is 1. The number of nitrogens with one attached hydrogen (secondary N) is 1. The van der Waals surface area contributed by atoms with Gasteiger partial charge in [-0.3, -0.25) is 9.59 Å². The van der Waals surface area contributed by atoms with Crippen LogP contribution in [0.5, 0.6) is 0 Å². The summed E-state index contributed by atoms with van der Waals surface area (Å²) in [4.78, 5) is 37.1. The average molecular weight is 471 g/mol. The predicted molar refractivity (Wildman–Crippen MR) is 125 cm³/mol. The second kappa shape index (κ2) is 8.24. The highest BCUT2D eigenvalue weighted by Crippen LogP contribution is 2.34. The molecule has 7 nitrogen and oxygen atoms in total. The first-order valence-electron chi connectivity index (χ1n) is 10.3. The van der Waals surface area contributed by atoms with Gasteiger partial charge in [0.2, 0.25) is 9.84 Å². The molecule has 4 aromatic rings. The number of benzene rings is 4. The molecular formula is C26H17NO6S. The lowest BCUT2D eigenvalue weighted by atomic mass is 10.0. The van der Waals surface area contributed by atoms with E-state index in [1.54, 1.807) is 18.2 Å². The number of ketones is 1. The molecule has 1 aliphatic rings. The van der Waals surface area contributed by atoms with Crippen LogP contribution in [0.2, 0.25) is 0 Å². The highest BCUT2D eigenvalue weighted by Gasteiger charge is 2.35. The van der Waals surface area contributed by atoms with Gasteiger partial charge in [0.15, 0.2) is 12.4 Å². The van der Waals surface area contributed by atoms with Crippen LogP contribution in [-0.2, 0) is 19.4 Å². The standard InChI is InChI=1S/C26H17NO6S/c28-24(27-19-11-9-16-5-1-2-6-17(16)13-19)15-33-26(30)18-10-12-21-23(14-18)34(31,32)22-8-4-3-7-20(22)25(21)29/h1-14H,15H2,(H,27,28). The topological polar surface area (TPSA) is 107 Å². The minimum absolute atomic E-state index is 0.00991. The van der Waals surface area contributed by atoms with Crippen molar-refractivity contribution in [3.05, 3.63) is 102 Å². The van der Waals surface area contributed by atoms with Gasteiger partial charge in [0.25, 0.3) is 5.91 Å². The summed E-state index contributed by atoms with van der Waals surface area (Å²) >= 11 is 0. The number of hydrogen-bond donors (Lipinski definition) is 1. The summed E-state index contributed by atoms with van der Waals surface area (Å²) < 4.78 is 31.1. The molecular weight excluding hydrogens is 454 g/mol. The van der Waals surface area contributed by atoms with Crippen LogP contribution in [0.15, 0.2) is 94.7 Å². The zero-order valence-electron chi connectivity index (χ0n) is 17.6. The third-order valence-corrected chi connectivity index (χ3v) is 7.39. The van der Waals surface area contributed by atoms with E-state index in [9.17, 15) is 22.8 Å². The van der Waals surface area contributed by atoms with Crippen molar-refractivity contribution in [2.75, 3.05) is 11.9 Å². The van der Waals surface area contributed by atoms with Crippen LogP contribution in [0.3, 0.4) is 0 Å². The second-order valence-electron chi connectivity index (χ2n) is 7.73. The molecule has 0 aromatic heterocycles. The van der Waals surface area contributed by atoms with E-state index in [0.29, 0.717) is 5.69 Å². The maximum absolute atomic E-state index is 13.0. The molecule has 0 bridgehead atoms. The van der Waals surface area contributed by atoms with Gasteiger partial charge in [-0.15, -0.1) is 0 Å². The van der Waals surface area contributed by atoms with Crippen molar-refractivity contribution in [3.8, 4) is 0 Å². The summed E-state index contributed by atoms with van der Waals surface area (Å²) in [6.07, 6.45) is 0. The van der Waals surface area contributed by atoms with Gasteiger partial charge in [-0.2, -0.15) is 0 Å². The Morgan fingerprint density at radius 3 is 2.29 bits per heavy atom. The molecule has 34 heavy (non-hydrogen) atoms. The molecule has 5 rings (SSSR count). The van der Waals surface area contributed by atoms with Gasteiger partial charge >= 0.3 is 5.97 Å². The number of rotatable bonds is 4. The third kappa shape index (κ3) is 3.74. The molecule has 0 aliphatic carbocycles. The van der Waals surface area contributed by atoms with Crippen LogP contribution in [0, 0.1) is 0 Å². The Balaban J connectivity index is 1.31. The Labute approximate surface area is 194 Å². The fraction of sp³-hybridized carbons (Fsp3) is 0.0385. The molecule has 0 saturated carbocycles. The fourth-order valence-corrected chi connectivity index (χ4v) is 5.57. The monoisotopic (exact) mass is 471 g/mol. The Hall–Kier alpha value is -4.30. The van der Waals surface area contributed by atoms with Crippen LogP contribution in [0.25, 0.3) is 10.8 Å². The molecule has 8 heteroatoms. The molecule has 0 unspecified atom stereocenters. The number of fused-ring (bicyclic) bond motifs is 3. The van der Waals surface area contributed by atoms with Crippen molar-refractivity contribution in [1.82, 2.24) is 0 Å². The first-order valence-corrected chi connectivity index (χ1v) is 11.8. The van der Waals surface area contributed by atoms with Crippen LogP contribution >= 0.6 is 0 Å². The van der Waals surface area contributed by atoms with E-state index in [-0.39, 0.29) is 26.5 Å². The van der Waals surface area contributed by atoms with Gasteiger partial charge < -0.3 is 10.1 Å². The smallest absolute Gasteiger partial charge is 0.338 e. The molecule has 1 aliphatic heterocycles. The summed E-state index contributed by atoms with van der Waals surface area (Å²) in [5, 5.41) is 4.64. The summed E-state index contributed by atoms with van der Waals surface area (Å²) in [7, 11) is -3.99. The number of carbonyl (C=O) groups is 3. The molecule has 0 saturated heterocycles. The number of carbonyl (C=O) groups excluding carboxylic acids is 3. The van der Waals surface area contributed by atoms with E-state index in [1.165, 1.54) is 30.3 Å². The van der Waals surface area contributed by atoms with E-state index in [1.807, 2.05) is 30.3 Å². The molecule has 1 heterocycles. The Bertz CT molecular complexity index is 1610. The van der Waals surface area contributed by atoms with Gasteiger partial charge in [0.05, 0.1) is 15.4 Å². The Morgan fingerprint density at radius 1 is 0.765 bits per heavy atom. The van der Waals surface area contributed by atoms with E-state index in [2.05, 4.69) is 5.32 Å². The SMILES string of the molecule is O=C(COC(=O)c1ccc2c(c1)S(=O)(=O)c1ccccc1C2=O)Nc1ccc2ccccc2c1. The second-order valence-corrected chi connectivity index (χ2v) is 9.61. The summed E-state index contributed by atoms with van der Waals surface area (Å²) in [6, 6.07) is 22.7. The molecule has 168 valence electrons. The van der Waals surface area contributed by atoms with Crippen LogP contribution < -0.4 is 5.32 Å². The minimum Gasteiger partial charge on any atom is -0.452 e. The van der Waals surface area contributed by atoms with Gasteiger partial charge in [0.1, 0.15) is 0 Å². The van der Waals surface area contributed by atoms with Gasteiger partial charge in [-0.05, 0) is 53.2 Å². The zero-order chi connectivity index (χ0) is 23.9. The zero-order valence-corrected chi connectivity index (χ0v) is 18.5. The van der Waals surface area contributed by atoms with Crippen LogP contribution in [0.4, 0.5) is 5.69 Å². The summed E-state index contributed by atoms with van der Waals surface area (Å²) in [5.41, 5.74) is 0.560. The maximum atomic E-state index is 13.0. The van der Waals surface area contributed by atoms with Crippen molar-refractivity contribution in [2.24, 2.45) is 0 Å². The van der Waals surface area contributed by atoms with Crippen molar-refractivity contribution in [3.63, 3.8) is 0 Å². The maximum Gasteiger partial charge on any atom is 0.338 e. The molecule has 0 atom stereocenters. The third-order valence-electron chi connectivity index (χ3n) is 5.54. The lowest BCUT2D eigenvalue weighted by Gasteiger charge is -2.19. The quantitative estimate of drug-likeness (QED) is 0.397. The van der Waals surface area contributed by atoms with E-state index < -0.39 is 34.1 Å². The largest absolute Gasteiger partial charge is 0.452 e. The van der Waals surface area contributed by atoms with E-state index in [4.69, 9.17) is 4.74 Å². The highest BCUT2D eigenvalue weighted by molar-refractivity contribution is 7.91. The first-order chi connectivity index (χ1) is 16.3. The van der Waals surface area contributed by atoms with Gasteiger partial charge in [0, 0.05) is 16.8 Å². The fourth-order valence-electron chi connectivity index (χ4n) is 3.89. The van der Waals surface area contributed by atoms with Crippen LogP contribution in [0.1, 0.15) is 26.3 Å². The lowest BCUT2D eigenvalue weighted by molar-refractivity contribution is -0.119. The molecule has 1 N–H and O–H groups in total. The van der Waals surface area contributed by atoms with Crippen molar-refractivity contribution < 1.29 is 27.5 Å². The summed E-state index contributed by atoms with van der Waals surface area (Å²) in [5.74, 6) is -1.86. The van der Waals surface area contributed by atoms with Crippen molar-refractivity contribution >= 4 is 44.0 Å². The minimum atomic E-state index is -3.99. The number of sulfone groups is 1. The van der Waals surface area contributed by atoms with Crippen molar-refractivity contribution in [1.29, 1.82) is 0 Å². The van der Waals surface area contributed by atoms with Gasteiger partial charge in [-0.1, -0.05) is 42.5 Å². The number of hydrogen-bond acceptors (Lipinski definition) is 6. The number of esters is 1. The molecule has 0 fully saturated rings. The molecule has 0 spiro atoms. The molecule has 4 aromatic carbocycles. The molecule has 1 amide bonds.